The zero-order valence-electron chi connectivity index (χ0n) is 25.5. The van der Waals surface area contributed by atoms with Gasteiger partial charge in [-0.3, -0.25) is 14.9 Å². The molecule has 0 radical (unpaired) electrons. The number of alkyl carbamates (subject to hydrolysis) is 1. The van der Waals surface area contributed by atoms with E-state index in [-0.39, 0.29) is 24.2 Å². The Labute approximate surface area is 242 Å². The number of likely N-dealkylation sites (N-methyl/N-ethyl adjacent to an activating group) is 1. The third kappa shape index (κ3) is 10.1. The summed E-state index contributed by atoms with van der Waals surface area (Å²) in [6.07, 6.45) is -0.658. The quantitative estimate of drug-likeness (QED) is 0.265. The molecule has 4 atom stereocenters. The summed E-state index contributed by atoms with van der Waals surface area (Å²) in [7, 11) is 1.20. The Kier molecular flexibility index (Phi) is 11.8. The van der Waals surface area contributed by atoms with Gasteiger partial charge >= 0.3 is 12.2 Å². The second kappa shape index (κ2) is 14.4. The molecule has 1 aliphatic rings. The van der Waals surface area contributed by atoms with Crippen molar-refractivity contribution in [2.24, 2.45) is 11.7 Å². The van der Waals surface area contributed by atoms with Crippen LogP contribution in [0.25, 0.3) is 0 Å². The van der Waals surface area contributed by atoms with E-state index < -0.39 is 35.7 Å². The summed E-state index contributed by atoms with van der Waals surface area (Å²) >= 11 is 0. The highest BCUT2D eigenvalue weighted by atomic mass is 16.7. The molecule has 0 heterocycles. The first kappa shape index (κ1) is 33.7. The van der Waals surface area contributed by atoms with Gasteiger partial charge in [0.25, 0.3) is 0 Å². The maximum atomic E-state index is 12.9. The van der Waals surface area contributed by atoms with Crippen LogP contribution in [0.2, 0.25) is 0 Å². The van der Waals surface area contributed by atoms with Crippen molar-refractivity contribution in [1.82, 2.24) is 15.5 Å². The molecular weight excluding hydrogens is 532 g/mol. The lowest BCUT2D eigenvalue weighted by Gasteiger charge is -2.38. The van der Waals surface area contributed by atoms with Crippen LogP contribution in [0.1, 0.15) is 66.0 Å². The fraction of sp³-hybridized carbons (Fsp3) is 0.655. The molecule has 1 aliphatic carbocycles. The molecule has 0 aliphatic heterocycles. The molecule has 41 heavy (non-hydrogen) atoms. The molecule has 12 nitrogen and oxygen atoms in total. The third-order valence-corrected chi connectivity index (χ3v) is 6.56. The van der Waals surface area contributed by atoms with Crippen LogP contribution in [-0.4, -0.2) is 79.2 Å². The van der Waals surface area contributed by atoms with E-state index >= 15 is 0 Å². The summed E-state index contributed by atoms with van der Waals surface area (Å²) in [5.41, 5.74) is 5.27. The summed E-state index contributed by atoms with van der Waals surface area (Å²) in [4.78, 5) is 51.4. The predicted octanol–water partition coefficient (Wildman–Crippen LogP) is 2.89. The number of fused-ring (bicyclic) bond motifs is 1. The van der Waals surface area contributed by atoms with Gasteiger partial charge in [-0.15, -0.1) is 0 Å². The molecular formula is C29H46N4O8. The van der Waals surface area contributed by atoms with Crippen LogP contribution in [-0.2, 0) is 36.6 Å². The minimum atomic E-state index is -1.39. The molecule has 0 aromatic heterocycles. The molecule has 0 spiro atoms. The highest BCUT2D eigenvalue weighted by Crippen LogP contribution is 2.36. The van der Waals surface area contributed by atoms with E-state index in [4.69, 9.17) is 24.7 Å². The minimum absolute atomic E-state index is 0.0503. The van der Waals surface area contributed by atoms with Gasteiger partial charge in [0.2, 0.25) is 11.8 Å². The van der Waals surface area contributed by atoms with E-state index in [1.807, 2.05) is 32.0 Å². The van der Waals surface area contributed by atoms with Crippen molar-refractivity contribution in [1.29, 1.82) is 0 Å². The molecule has 0 saturated heterocycles. The van der Waals surface area contributed by atoms with Gasteiger partial charge in [-0.1, -0.05) is 19.1 Å². The average Bonchev–Trinajstić information content (AvgIpc) is 2.88. The normalized spacial score (nSPS) is 18.6. The maximum absolute atomic E-state index is 12.9. The molecule has 0 unspecified atom stereocenters. The number of nitrogens with one attached hydrogen (secondary N) is 2. The van der Waals surface area contributed by atoms with Gasteiger partial charge in [0.15, 0.2) is 5.72 Å². The van der Waals surface area contributed by atoms with Crippen molar-refractivity contribution in [2.75, 3.05) is 26.8 Å². The number of carbonyl (C=O) groups excluding carboxylic acids is 4. The minimum Gasteiger partial charge on any atom is -0.493 e. The monoisotopic (exact) mass is 578 g/mol. The van der Waals surface area contributed by atoms with E-state index in [1.165, 1.54) is 7.11 Å². The number of methoxy groups -OCH3 is 1. The third-order valence-electron chi connectivity index (χ3n) is 6.56. The highest BCUT2D eigenvalue weighted by molar-refractivity contribution is 5.89. The Hall–Kier alpha value is -3.54. The summed E-state index contributed by atoms with van der Waals surface area (Å²) < 4.78 is 22.0. The molecule has 1 aromatic rings. The molecule has 0 fully saturated rings. The number of hydrogen-bond donors (Lipinski definition) is 3. The van der Waals surface area contributed by atoms with Crippen molar-refractivity contribution in [3.63, 3.8) is 0 Å². The van der Waals surface area contributed by atoms with Crippen molar-refractivity contribution < 1.29 is 38.1 Å². The Bertz CT molecular complexity index is 1090. The molecule has 230 valence electrons. The van der Waals surface area contributed by atoms with Crippen LogP contribution in [0.4, 0.5) is 9.59 Å². The smallest absolute Gasteiger partial charge is 0.493 e. The Morgan fingerprint density at radius 1 is 1.15 bits per heavy atom. The molecule has 1 aromatic carbocycles. The van der Waals surface area contributed by atoms with Crippen molar-refractivity contribution in [2.45, 2.75) is 91.1 Å². The SMILES string of the molecule is CCN(C[C@H](C)COc1cccc2c1C[C@](NC(=O)OC(C)(C)C)(OC(=O)OC)CC2)C(=O)[C@H](C)NC(=O)[C@H](C)N. The van der Waals surface area contributed by atoms with Gasteiger partial charge in [-0.2, -0.15) is 0 Å². The first-order valence-electron chi connectivity index (χ1n) is 14.0. The predicted molar refractivity (Wildman–Crippen MR) is 152 cm³/mol. The van der Waals surface area contributed by atoms with Crippen LogP contribution in [0.15, 0.2) is 18.2 Å². The number of aryl methyl sites for hydroxylation is 1. The summed E-state index contributed by atoms with van der Waals surface area (Å²) in [6.45, 7) is 13.4. The van der Waals surface area contributed by atoms with Crippen LogP contribution in [0, 0.1) is 5.92 Å². The molecule has 3 amide bonds. The second-order valence-electron chi connectivity index (χ2n) is 11.6. The van der Waals surface area contributed by atoms with Crippen LogP contribution < -0.4 is 21.1 Å². The second-order valence-corrected chi connectivity index (χ2v) is 11.6. The topological polar surface area (TPSA) is 159 Å². The molecule has 0 bridgehead atoms. The summed E-state index contributed by atoms with van der Waals surface area (Å²) in [5, 5.41) is 5.38. The van der Waals surface area contributed by atoms with Gasteiger partial charge in [0.1, 0.15) is 17.4 Å². The number of benzene rings is 1. The van der Waals surface area contributed by atoms with E-state index in [9.17, 15) is 19.2 Å². The highest BCUT2D eigenvalue weighted by Gasteiger charge is 2.42. The van der Waals surface area contributed by atoms with Gasteiger partial charge in [-0.05, 0) is 59.6 Å². The number of ether oxygens (including phenoxy) is 4. The van der Waals surface area contributed by atoms with Gasteiger partial charge in [0.05, 0.1) is 19.8 Å². The standard InChI is InChI=1S/C29H46N4O8/c1-9-33(25(35)20(4)31-24(34)19(3)30)16-18(2)17-39-23-12-10-11-21-13-14-29(15-22(21)23,41-27(37)38-8)32-26(36)40-28(5,6)7/h10-12,18-20H,9,13-17,30H2,1-8H3,(H,31,34)(H,32,36)/t18-,19-,20-,29+/m0/s1. The summed E-state index contributed by atoms with van der Waals surface area (Å²) in [5.74, 6) is -0.0561. The summed E-state index contributed by atoms with van der Waals surface area (Å²) in [6, 6.07) is 4.26. The lowest BCUT2D eigenvalue weighted by molar-refractivity contribution is -0.136. The fourth-order valence-electron chi connectivity index (χ4n) is 4.52. The largest absolute Gasteiger partial charge is 0.510 e. The molecule has 2 rings (SSSR count). The number of nitrogens with zero attached hydrogens (tertiary/aromatic N) is 1. The first-order valence-corrected chi connectivity index (χ1v) is 14.0. The van der Waals surface area contributed by atoms with Gasteiger partial charge < -0.3 is 34.9 Å². The zero-order valence-corrected chi connectivity index (χ0v) is 25.5. The zero-order chi connectivity index (χ0) is 31.0. The van der Waals surface area contributed by atoms with E-state index in [0.717, 1.165) is 11.1 Å². The average molecular weight is 579 g/mol. The number of carbonyl (C=O) groups is 4. The number of amides is 3. The lowest BCUT2D eigenvalue weighted by Crippen LogP contribution is -2.56. The Morgan fingerprint density at radius 3 is 2.41 bits per heavy atom. The Morgan fingerprint density at radius 2 is 1.83 bits per heavy atom. The lowest BCUT2D eigenvalue weighted by atomic mass is 9.85. The molecule has 4 N–H and O–H groups in total. The number of rotatable bonds is 11. The van der Waals surface area contributed by atoms with Crippen molar-refractivity contribution in [3.8, 4) is 5.75 Å². The van der Waals surface area contributed by atoms with Gasteiger partial charge in [-0.25, -0.2) is 9.59 Å². The van der Waals surface area contributed by atoms with Crippen LogP contribution in [0.5, 0.6) is 5.75 Å². The number of nitrogens with two attached hydrogens (primary N) is 1. The Balaban J connectivity index is 2.15. The van der Waals surface area contributed by atoms with Crippen LogP contribution >= 0.6 is 0 Å². The van der Waals surface area contributed by atoms with E-state index in [0.29, 0.717) is 38.3 Å². The van der Waals surface area contributed by atoms with E-state index in [1.54, 1.807) is 39.5 Å². The van der Waals surface area contributed by atoms with Crippen LogP contribution in [0.3, 0.4) is 0 Å². The molecule has 0 saturated carbocycles. The van der Waals surface area contributed by atoms with E-state index in [2.05, 4.69) is 10.6 Å². The first-order chi connectivity index (χ1) is 19.1. The maximum Gasteiger partial charge on any atom is 0.510 e. The fourth-order valence-corrected chi connectivity index (χ4v) is 4.52. The number of hydrogen-bond acceptors (Lipinski definition) is 9. The van der Waals surface area contributed by atoms with Crippen molar-refractivity contribution in [3.05, 3.63) is 29.3 Å². The molecule has 12 heteroatoms. The van der Waals surface area contributed by atoms with Crippen molar-refractivity contribution >= 4 is 24.1 Å². The van der Waals surface area contributed by atoms with Gasteiger partial charge in [0, 0.05) is 37.4 Å².